The Morgan fingerprint density at radius 2 is 2.11 bits per heavy atom. The molecule has 4 nitrogen and oxygen atoms in total. The summed E-state index contributed by atoms with van der Waals surface area (Å²) in [7, 11) is 1.65. The van der Waals surface area contributed by atoms with Crippen molar-refractivity contribution < 1.29 is 9.53 Å². The number of benzene rings is 1. The van der Waals surface area contributed by atoms with Gasteiger partial charge in [-0.15, -0.1) is 0 Å². The van der Waals surface area contributed by atoms with Gasteiger partial charge in [0.1, 0.15) is 12.2 Å². The number of nitriles is 1. The summed E-state index contributed by atoms with van der Waals surface area (Å²) >= 11 is 0. The van der Waals surface area contributed by atoms with E-state index in [0.717, 1.165) is 24.2 Å². The van der Waals surface area contributed by atoms with Crippen LogP contribution in [-0.2, 0) is 11.2 Å². The smallest absolute Gasteiger partial charge is 0.234 e. The van der Waals surface area contributed by atoms with Crippen LogP contribution in [0, 0.1) is 11.3 Å². The second-order valence-electron chi connectivity index (χ2n) is 5.08. The highest BCUT2D eigenvalue weighted by molar-refractivity contribution is 5.78. The maximum atomic E-state index is 11.4. The minimum Gasteiger partial charge on any atom is -0.496 e. The number of methoxy groups -OCH3 is 1. The number of rotatable bonds is 6. The number of nitrogens with one attached hydrogen (secondary N) is 1. The minimum atomic E-state index is -0.339. The molecule has 0 saturated heterocycles. The predicted octanol–water partition coefficient (Wildman–Crippen LogP) is 2.44. The zero-order valence-corrected chi connectivity index (χ0v) is 11.7. The zero-order chi connectivity index (χ0) is 14.3. The Bertz CT molecular complexity index is 475. The first-order valence-electron chi connectivity index (χ1n) is 6.28. The second-order valence-corrected chi connectivity index (χ2v) is 5.08. The molecular weight excluding hydrogens is 240 g/mol. The normalized spacial score (nSPS) is 10.6. The second kappa shape index (κ2) is 6.79. The van der Waals surface area contributed by atoms with Gasteiger partial charge in [-0.2, -0.15) is 5.26 Å². The number of ether oxygens (including phenoxy) is 1. The fourth-order valence-electron chi connectivity index (χ4n) is 1.91. The van der Waals surface area contributed by atoms with Gasteiger partial charge in [-0.25, -0.2) is 0 Å². The predicted molar refractivity (Wildman–Crippen MR) is 73.8 cm³/mol. The number of para-hydroxylation sites is 1. The van der Waals surface area contributed by atoms with E-state index in [1.165, 1.54) is 0 Å². The Hall–Kier alpha value is -2.02. The van der Waals surface area contributed by atoms with Crippen LogP contribution in [0.5, 0.6) is 5.75 Å². The van der Waals surface area contributed by atoms with Crippen LogP contribution >= 0.6 is 0 Å². The Balaban J connectivity index is 2.60. The fourth-order valence-corrected chi connectivity index (χ4v) is 1.91. The van der Waals surface area contributed by atoms with Crippen molar-refractivity contribution >= 4 is 5.91 Å². The van der Waals surface area contributed by atoms with Crippen LogP contribution in [0.15, 0.2) is 24.3 Å². The van der Waals surface area contributed by atoms with Gasteiger partial charge >= 0.3 is 0 Å². The van der Waals surface area contributed by atoms with Gasteiger partial charge in [0.2, 0.25) is 5.91 Å². The molecule has 1 aromatic rings. The van der Waals surface area contributed by atoms with Crippen LogP contribution in [0.1, 0.15) is 32.3 Å². The van der Waals surface area contributed by atoms with Gasteiger partial charge < -0.3 is 10.1 Å². The lowest BCUT2D eigenvalue weighted by molar-refractivity contribution is -0.121. The van der Waals surface area contributed by atoms with Gasteiger partial charge in [0, 0.05) is 5.54 Å². The molecule has 102 valence electrons. The van der Waals surface area contributed by atoms with Crippen molar-refractivity contribution in [1.82, 2.24) is 5.32 Å². The van der Waals surface area contributed by atoms with Gasteiger partial charge in [0.05, 0.1) is 13.2 Å². The molecule has 0 aliphatic carbocycles. The summed E-state index contributed by atoms with van der Waals surface area (Å²) in [6, 6.07) is 9.70. The molecule has 0 unspecified atom stereocenters. The molecule has 0 radical (unpaired) electrons. The van der Waals surface area contributed by atoms with Crippen LogP contribution in [0.2, 0.25) is 0 Å². The molecule has 1 aromatic carbocycles. The summed E-state index contributed by atoms with van der Waals surface area (Å²) in [4.78, 5) is 11.4. The number of carbonyl (C=O) groups is 1. The van der Waals surface area contributed by atoms with E-state index in [9.17, 15) is 4.79 Å². The van der Waals surface area contributed by atoms with E-state index < -0.39 is 0 Å². The highest BCUT2D eigenvalue weighted by Gasteiger charge is 2.20. The van der Waals surface area contributed by atoms with Gasteiger partial charge in [0.25, 0.3) is 0 Å². The van der Waals surface area contributed by atoms with Gasteiger partial charge in [-0.05, 0) is 38.3 Å². The molecule has 0 heterocycles. The third kappa shape index (κ3) is 5.01. The molecule has 0 aromatic heterocycles. The molecule has 0 aliphatic rings. The van der Waals surface area contributed by atoms with Crippen molar-refractivity contribution in [2.24, 2.45) is 0 Å². The van der Waals surface area contributed by atoms with Crippen LogP contribution in [-0.4, -0.2) is 18.6 Å². The van der Waals surface area contributed by atoms with Crippen molar-refractivity contribution in [3.63, 3.8) is 0 Å². The first-order chi connectivity index (χ1) is 8.98. The molecule has 0 bridgehead atoms. The molecule has 0 saturated carbocycles. The van der Waals surface area contributed by atoms with Gasteiger partial charge in [-0.3, -0.25) is 4.79 Å². The SMILES string of the molecule is COc1ccccc1CCC(C)(C)NC(=O)CC#N. The molecule has 1 N–H and O–H groups in total. The third-order valence-corrected chi connectivity index (χ3v) is 2.93. The molecule has 4 heteroatoms. The molecular formula is C15H20N2O2. The summed E-state index contributed by atoms with van der Waals surface area (Å²) in [5, 5.41) is 11.3. The number of carbonyl (C=O) groups excluding carboxylic acids is 1. The molecule has 0 fully saturated rings. The maximum Gasteiger partial charge on any atom is 0.234 e. The fraction of sp³-hybridized carbons (Fsp3) is 0.467. The van der Waals surface area contributed by atoms with Crippen LogP contribution in [0.4, 0.5) is 0 Å². The standard InChI is InChI=1S/C15H20N2O2/c1-15(2,17-14(18)9-11-16)10-8-12-6-4-5-7-13(12)19-3/h4-7H,8-10H2,1-3H3,(H,17,18). The number of hydrogen-bond acceptors (Lipinski definition) is 3. The quantitative estimate of drug-likeness (QED) is 0.854. The molecule has 1 amide bonds. The van der Waals surface area contributed by atoms with Crippen LogP contribution in [0.25, 0.3) is 0 Å². The summed E-state index contributed by atoms with van der Waals surface area (Å²) in [6.07, 6.45) is 1.49. The first kappa shape index (κ1) is 15.0. The van der Waals surface area contributed by atoms with Crippen molar-refractivity contribution in [3.05, 3.63) is 29.8 Å². The average Bonchev–Trinajstić information content (AvgIpc) is 2.36. The summed E-state index contributed by atoms with van der Waals surface area (Å²) in [5.41, 5.74) is 0.780. The van der Waals surface area contributed by atoms with Crippen molar-refractivity contribution in [1.29, 1.82) is 5.26 Å². The van der Waals surface area contributed by atoms with Crippen molar-refractivity contribution in [2.75, 3.05) is 7.11 Å². The summed E-state index contributed by atoms with van der Waals surface area (Å²) < 4.78 is 5.30. The van der Waals surface area contributed by atoms with Gasteiger partial charge in [0.15, 0.2) is 0 Å². The first-order valence-corrected chi connectivity index (χ1v) is 6.28. The number of aryl methyl sites for hydroxylation is 1. The highest BCUT2D eigenvalue weighted by atomic mass is 16.5. The highest BCUT2D eigenvalue weighted by Crippen LogP contribution is 2.22. The monoisotopic (exact) mass is 260 g/mol. The zero-order valence-electron chi connectivity index (χ0n) is 11.7. The van der Waals surface area contributed by atoms with E-state index >= 15 is 0 Å². The van der Waals surface area contributed by atoms with E-state index in [2.05, 4.69) is 5.32 Å². The number of nitrogens with zero attached hydrogens (tertiary/aromatic N) is 1. The van der Waals surface area contributed by atoms with E-state index in [4.69, 9.17) is 10.00 Å². The molecule has 1 rings (SSSR count). The molecule has 19 heavy (non-hydrogen) atoms. The third-order valence-electron chi connectivity index (χ3n) is 2.93. The van der Waals surface area contributed by atoms with E-state index in [-0.39, 0.29) is 17.9 Å². The molecule has 0 atom stereocenters. The Morgan fingerprint density at radius 1 is 1.42 bits per heavy atom. The van der Waals surface area contributed by atoms with Crippen LogP contribution in [0.3, 0.4) is 0 Å². The van der Waals surface area contributed by atoms with Gasteiger partial charge in [-0.1, -0.05) is 18.2 Å². The number of amides is 1. The summed E-state index contributed by atoms with van der Waals surface area (Å²) in [6.45, 7) is 3.91. The Kier molecular flexibility index (Phi) is 5.37. The Morgan fingerprint density at radius 3 is 2.74 bits per heavy atom. The van der Waals surface area contributed by atoms with E-state index in [0.29, 0.717) is 0 Å². The molecule has 0 spiro atoms. The summed E-state index contributed by atoms with van der Waals surface area (Å²) in [5.74, 6) is 0.633. The maximum absolute atomic E-state index is 11.4. The largest absolute Gasteiger partial charge is 0.496 e. The average molecular weight is 260 g/mol. The van der Waals surface area contributed by atoms with E-state index in [1.807, 2.05) is 44.2 Å². The van der Waals surface area contributed by atoms with Crippen LogP contribution < -0.4 is 10.1 Å². The van der Waals surface area contributed by atoms with Crippen molar-refractivity contribution in [2.45, 2.75) is 38.6 Å². The molecule has 0 aliphatic heterocycles. The van der Waals surface area contributed by atoms with Crippen molar-refractivity contribution in [3.8, 4) is 11.8 Å². The topological polar surface area (TPSA) is 62.1 Å². The van der Waals surface area contributed by atoms with E-state index in [1.54, 1.807) is 7.11 Å². The lowest BCUT2D eigenvalue weighted by Gasteiger charge is -2.26. The lowest BCUT2D eigenvalue weighted by Crippen LogP contribution is -2.43. The Labute approximate surface area is 114 Å². The number of hydrogen-bond donors (Lipinski definition) is 1. The minimum absolute atomic E-state index is 0.0991. The lowest BCUT2D eigenvalue weighted by atomic mass is 9.94.